The summed E-state index contributed by atoms with van der Waals surface area (Å²) in [4.78, 5) is 25.9. The summed E-state index contributed by atoms with van der Waals surface area (Å²) in [6, 6.07) is 21.1. The van der Waals surface area contributed by atoms with Crippen LogP contribution in [0.15, 0.2) is 66.7 Å². The normalized spacial score (nSPS) is 10.3. The Labute approximate surface area is 156 Å². The predicted octanol–water partition coefficient (Wildman–Crippen LogP) is 5.40. The number of benzene rings is 2. The minimum absolute atomic E-state index is 0.0145. The Morgan fingerprint density at radius 2 is 1.46 bits per heavy atom. The number of para-hydroxylation sites is 1. The number of aryl methyl sites for hydroxylation is 1. The number of carbonyl (C=O) groups excluding carboxylic acids is 2. The highest BCUT2D eigenvalue weighted by atomic mass is 32.1. The molecule has 0 aliphatic heterocycles. The van der Waals surface area contributed by atoms with Crippen molar-refractivity contribution in [1.82, 2.24) is 0 Å². The minimum Gasteiger partial charge on any atom is -0.356 e. The van der Waals surface area contributed by atoms with Gasteiger partial charge in [-0.05, 0) is 55.5 Å². The van der Waals surface area contributed by atoms with Gasteiger partial charge >= 0.3 is 0 Å². The van der Waals surface area contributed by atoms with Crippen LogP contribution in [-0.2, 0) is 4.79 Å². The Balaban J connectivity index is 1.49. The molecule has 1 heterocycles. The third-order valence-corrected chi connectivity index (χ3v) is 4.87. The zero-order valence-electron chi connectivity index (χ0n) is 14.5. The van der Waals surface area contributed by atoms with Crippen molar-refractivity contribution in [2.45, 2.75) is 19.8 Å². The molecule has 0 radical (unpaired) electrons. The van der Waals surface area contributed by atoms with Crippen LogP contribution in [0.5, 0.6) is 0 Å². The van der Waals surface area contributed by atoms with Gasteiger partial charge in [0, 0.05) is 34.8 Å². The summed E-state index contributed by atoms with van der Waals surface area (Å²) < 4.78 is 0. The molecule has 5 heteroatoms. The third kappa shape index (κ3) is 5.04. The van der Waals surface area contributed by atoms with Gasteiger partial charge in [-0.15, -0.1) is 11.3 Å². The first kappa shape index (κ1) is 17.9. The quantitative estimate of drug-likeness (QED) is 0.552. The van der Waals surface area contributed by atoms with Crippen LogP contribution < -0.4 is 10.6 Å². The molecule has 0 aliphatic carbocycles. The van der Waals surface area contributed by atoms with Gasteiger partial charge in [-0.1, -0.05) is 18.2 Å². The van der Waals surface area contributed by atoms with Gasteiger partial charge < -0.3 is 10.6 Å². The van der Waals surface area contributed by atoms with E-state index >= 15 is 0 Å². The van der Waals surface area contributed by atoms with Crippen molar-refractivity contribution >= 4 is 40.1 Å². The highest BCUT2D eigenvalue weighted by Crippen LogP contribution is 2.20. The molecule has 26 heavy (non-hydrogen) atoms. The molecule has 0 saturated heterocycles. The third-order valence-electron chi connectivity index (χ3n) is 3.83. The lowest BCUT2D eigenvalue weighted by atomic mass is 10.2. The van der Waals surface area contributed by atoms with Crippen molar-refractivity contribution in [3.63, 3.8) is 0 Å². The average molecular weight is 364 g/mol. The number of anilines is 3. The highest BCUT2D eigenvalue weighted by molar-refractivity contribution is 7.14. The largest absolute Gasteiger partial charge is 0.356 e. The number of thiophene rings is 1. The molecule has 0 unspecified atom stereocenters. The molecule has 0 saturated carbocycles. The second-order valence-electron chi connectivity index (χ2n) is 5.95. The number of hydrogen-bond acceptors (Lipinski definition) is 4. The fourth-order valence-corrected chi connectivity index (χ4v) is 3.32. The van der Waals surface area contributed by atoms with Crippen molar-refractivity contribution in [1.29, 1.82) is 0 Å². The van der Waals surface area contributed by atoms with E-state index in [1.807, 2.05) is 73.7 Å². The summed E-state index contributed by atoms with van der Waals surface area (Å²) in [6.07, 6.45) is 0.402. The van der Waals surface area contributed by atoms with Crippen molar-refractivity contribution < 1.29 is 9.59 Å². The smallest absolute Gasteiger partial charge is 0.224 e. The molecular weight excluding hydrogens is 344 g/mol. The molecule has 3 aromatic rings. The Hall–Kier alpha value is -2.92. The van der Waals surface area contributed by atoms with Gasteiger partial charge in [0.05, 0.1) is 4.88 Å². The van der Waals surface area contributed by atoms with Gasteiger partial charge in [0.1, 0.15) is 0 Å². The van der Waals surface area contributed by atoms with E-state index in [1.54, 1.807) is 0 Å². The molecule has 3 rings (SSSR count). The molecule has 132 valence electrons. The fraction of sp³-hybridized carbons (Fsp3) is 0.143. The standard InChI is InChI=1S/C21H20N2O2S/c1-15-7-13-20(26-15)19(24)12-14-21(25)23-18-10-8-17(9-11-18)22-16-5-3-2-4-6-16/h2-11,13,22H,12,14H2,1H3,(H,23,25). The summed E-state index contributed by atoms with van der Waals surface area (Å²) >= 11 is 1.47. The van der Waals surface area contributed by atoms with Crippen molar-refractivity contribution in [2.75, 3.05) is 10.6 Å². The number of Topliss-reactive ketones (excluding diaryl/α,β-unsaturated/α-hetero) is 1. The molecule has 1 aromatic heterocycles. The molecule has 2 N–H and O–H groups in total. The van der Waals surface area contributed by atoms with E-state index in [0.29, 0.717) is 10.6 Å². The molecule has 0 spiro atoms. The number of amides is 1. The lowest BCUT2D eigenvalue weighted by Gasteiger charge is -2.08. The number of hydrogen-bond donors (Lipinski definition) is 2. The van der Waals surface area contributed by atoms with E-state index in [-0.39, 0.29) is 24.5 Å². The SMILES string of the molecule is Cc1ccc(C(=O)CCC(=O)Nc2ccc(Nc3ccccc3)cc2)s1. The van der Waals surface area contributed by atoms with Crippen LogP contribution in [0, 0.1) is 6.92 Å². The van der Waals surface area contributed by atoms with E-state index in [4.69, 9.17) is 0 Å². The van der Waals surface area contributed by atoms with E-state index in [9.17, 15) is 9.59 Å². The second-order valence-corrected chi connectivity index (χ2v) is 7.24. The van der Waals surface area contributed by atoms with E-state index in [1.165, 1.54) is 11.3 Å². The minimum atomic E-state index is -0.157. The maximum Gasteiger partial charge on any atom is 0.224 e. The summed E-state index contributed by atoms with van der Waals surface area (Å²) in [5.41, 5.74) is 2.66. The zero-order chi connectivity index (χ0) is 18.4. The summed E-state index contributed by atoms with van der Waals surface area (Å²) in [7, 11) is 0. The molecule has 4 nitrogen and oxygen atoms in total. The molecule has 0 aliphatic rings. The summed E-state index contributed by atoms with van der Waals surface area (Å²) in [5, 5.41) is 6.12. The summed E-state index contributed by atoms with van der Waals surface area (Å²) in [5.74, 6) is -0.143. The van der Waals surface area contributed by atoms with Crippen LogP contribution in [0.25, 0.3) is 0 Å². The van der Waals surface area contributed by atoms with Crippen LogP contribution in [0.1, 0.15) is 27.4 Å². The number of rotatable bonds is 7. The van der Waals surface area contributed by atoms with Gasteiger partial charge in [0.2, 0.25) is 5.91 Å². The Morgan fingerprint density at radius 1 is 0.808 bits per heavy atom. The highest BCUT2D eigenvalue weighted by Gasteiger charge is 2.11. The summed E-state index contributed by atoms with van der Waals surface area (Å²) in [6.45, 7) is 1.96. The van der Waals surface area contributed by atoms with Crippen LogP contribution >= 0.6 is 11.3 Å². The first-order valence-corrected chi connectivity index (χ1v) is 9.23. The first-order valence-electron chi connectivity index (χ1n) is 8.42. The van der Waals surface area contributed by atoms with Gasteiger partial charge in [0.15, 0.2) is 5.78 Å². The van der Waals surface area contributed by atoms with Gasteiger partial charge in [-0.25, -0.2) is 0 Å². The molecule has 2 aromatic carbocycles. The molecular formula is C21H20N2O2S. The van der Waals surface area contributed by atoms with E-state index < -0.39 is 0 Å². The monoisotopic (exact) mass is 364 g/mol. The Morgan fingerprint density at radius 3 is 2.12 bits per heavy atom. The van der Waals surface area contributed by atoms with Crippen LogP contribution in [0.4, 0.5) is 17.1 Å². The molecule has 0 bridgehead atoms. The van der Waals surface area contributed by atoms with E-state index in [0.717, 1.165) is 16.3 Å². The van der Waals surface area contributed by atoms with Crippen LogP contribution in [0.3, 0.4) is 0 Å². The van der Waals surface area contributed by atoms with Gasteiger partial charge in [0.25, 0.3) is 0 Å². The Kier molecular flexibility index (Phi) is 5.81. The lowest BCUT2D eigenvalue weighted by molar-refractivity contribution is -0.116. The maximum absolute atomic E-state index is 12.1. The Bertz CT molecular complexity index is 886. The van der Waals surface area contributed by atoms with Crippen LogP contribution in [-0.4, -0.2) is 11.7 Å². The number of nitrogens with one attached hydrogen (secondary N) is 2. The zero-order valence-corrected chi connectivity index (χ0v) is 15.3. The molecule has 0 fully saturated rings. The van der Waals surface area contributed by atoms with Crippen LogP contribution in [0.2, 0.25) is 0 Å². The van der Waals surface area contributed by atoms with Gasteiger partial charge in [-0.3, -0.25) is 9.59 Å². The van der Waals surface area contributed by atoms with E-state index in [2.05, 4.69) is 10.6 Å². The van der Waals surface area contributed by atoms with Crippen molar-refractivity contribution in [3.8, 4) is 0 Å². The topological polar surface area (TPSA) is 58.2 Å². The molecule has 0 atom stereocenters. The number of carbonyl (C=O) groups is 2. The fourth-order valence-electron chi connectivity index (χ4n) is 2.48. The average Bonchev–Trinajstić information content (AvgIpc) is 3.09. The second kappa shape index (κ2) is 8.45. The lowest BCUT2D eigenvalue weighted by Crippen LogP contribution is -2.13. The maximum atomic E-state index is 12.1. The van der Waals surface area contributed by atoms with Crippen molar-refractivity contribution in [2.24, 2.45) is 0 Å². The number of ketones is 1. The predicted molar refractivity (Wildman–Crippen MR) is 107 cm³/mol. The first-order chi connectivity index (χ1) is 12.6. The van der Waals surface area contributed by atoms with Crippen molar-refractivity contribution in [3.05, 3.63) is 76.5 Å². The molecule has 1 amide bonds. The van der Waals surface area contributed by atoms with Gasteiger partial charge in [-0.2, -0.15) is 0 Å².